The third-order valence-corrected chi connectivity index (χ3v) is 3.97. The van der Waals surface area contributed by atoms with Gasteiger partial charge in [0.25, 0.3) is 0 Å². The van der Waals surface area contributed by atoms with Crippen molar-refractivity contribution in [2.45, 2.75) is 19.3 Å². The molecular weight excluding hydrogens is 245 g/mol. The Labute approximate surface area is 106 Å². The number of pyridine rings is 1. The Bertz CT molecular complexity index is 375. The van der Waals surface area contributed by atoms with Crippen LogP contribution in [0.15, 0.2) is 12.3 Å². The molecule has 0 radical (unpaired) electrons. The second-order valence-corrected chi connectivity index (χ2v) is 4.93. The fraction of sp³-hybridized carbons (Fsp3) is 0.545. The summed E-state index contributed by atoms with van der Waals surface area (Å²) in [5, 5.41) is 0.897. The molecule has 0 saturated carbocycles. The van der Waals surface area contributed by atoms with E-state index in [1.54, 1.807) is 0 Å². The zero-order valence-corrected chi connectivity index (χ0v) is 10.9. The average molecular weight is 261 g/mol. The minimum absolute atomic E-state index is 0.372. The van der Waals surface area contributed by atoms with Crippen LogP contribution in [0.4, 0.5) is 5.69 Å². The first-order valence-electron chi connectivity index (χ1n) is 5.56. The summed E-state index contributed by atoms with van der Waals surface area (Å²) in [6.07, 6.45) is 5.56. The van der Waals surface area contributed by atoms with Crippen LogP contribution in [0.5, 0.6) is 0 Å². The van der Waals surface area contributed by atoms with Crippen molar-refractivity contribution < 1.29 is 0 Å². The molecule has 0 aromatic carbocycles. The van der Waals surface area contributed by atoms with E-state index in [-0.39, 0.29) is 0 Å². The minimum atomic E-state index is 0.372. The van der Waals surface area contributed by atoms with Gasteiger partial charge in [0.2, 0.25) is 0 Å². The monoisotopic (exact) mass is 260 g/mol. The summed E-state index contributed by atoms with van der Waals surface area (Å²) in [5.74, 6) is 0. The molecule has 0 unspecified atom stereocenters. The Morgan fingerprint density at radius 2 is 1.94 bits per heavy atom. The molecule has 1 aromatic rings. The van der Waals surface area contributed by atoms with Gasteiger partial charge in [0.1, 0.15) is 18.2 Å². The molecule has 88 valence electrons. The van der Waals surface area contributed by atoms with Crippen LogP contribution in [0, 0.1) is 0 Å². The highest BCUT2D eigenvalue weighted by Crippen LogP contribution is 2.30. The maximum atomic E-state index is 6.02. The molecule has 0 bridgehead atoms. The van der Waals surface area contributed by atoms with Crippen LogP contribution in [-0.4, -0.2) is 25.1 Å². The highest BCUT2D eigenvalue weighted by atomic mass is 35.5. The first kappa shape index (κ1) is 12.1. The van der Waals surface area contributed by atoms with Gasteiger partial charge >= 0.3 is 0 Å². The van der Waals surface area contributed by atoms with Crippen molar-refractivity contribution in [3.63, 3.8) is 0 Å². The van der Waals surface area contributed by atoms with E-state index in [1.165, 1.54) is 19.3 Å². The molecule has 1 aliphatic rings. The largest absolute Gasteiger partial charge is 0.237 e. The quantitative estimate of drug-likeness (QED) is 0.654. The fourth-order valence-corrected chi connectivity index (χ4v) is 2.57. The van der Waals surface area contributed by atoms with E-state index >= 15 is 0 Å². The summed E-state index contributed by atoms with van der Waals surface area (Å²) in [6.45, 7) is 2.16. The highest BCUT2D eigenvalue weighted by Gasteiger charge is 2.32. The van der Waals surface area contributed by atoms with Crippen LogP contribution in [-0.2, 0) is 0 Å². The molecule has 3 nitrogen and oxygen atoms in total. The lowest BCUT2D eigenvalue weighted by molar-refractivity contribution is 0.173. The topological polar surface area (TPSA) is 24.9 Å². The SMILES string of the molecule is CN[N+]1(c2cnc(Cl)c(Cl)c2)CCCCC1. The Morgan fingerprint density at radius 1 is 1.25 bits per heavy atom. The number of hydrogen-bond donors (Lipinski definition) is 1. The molecule has 16 heavy (non-hydrogen) atoms. The van der Waals surface area contributed by atoms with E-state index in [4.69, 9.17) is 23.2 Å². The summed E-state index contributed by atoms with van der Waals surface area (Å²) in [6, 6.07) is 1.92. The van der Waals surface area contributed by atoms with Crippen molar-refractivity contribution in [1.82, 2.24) is 15.0 Å². The van der Waals surface area contributed by atoms with Gasteiger partial charge in [0.15, 0.2) is 5.69 Å². The first-order chi connectivity index (χ1) is 7.68. The second kappa shape index (κ2) is 4.88. The molecule has 1 fully saturated rings. The van der Waals surface area contributed by atoms with Crippen molar-refractivity contribution in [1.29, 1.82) is 0 Å². The maximum Gasteiger partial charge on any atom is 0.172 e. The standard InChI is InChI=1S/C11H16Cl2N3/c1-14-16(5-3-2-4-6-16)9-7-10(12)11(13)15-8-9/h7-8,14H,2-6H2,1H3/q+1. The fourth-order valence-electron chi connectivity index (χ4n) is 2.31. The first-order valence-corrected chi connectivity index (χ1v) is 6.31. The molecule has 1 aliphatic heterocycles. The Hall–Kier alpha value is -0.350. The van der Waals surface area contributed by atoms with Gasteiger partial charge in [-0.05, 0) is 19.3 Å². The third kappa shape index (κ3) is 2.18. The van der Waals surface area contributed by atoms with Gasteiger partial charge in [-0.3, -0.25) is 0 Å². The van der Waals surface area contributed by atoms with Gasteiger partial charge in [-0.2, -0.15) is 5.43 Å². The summed E-state index contributed by atoms with van der Waals surface area (Å²) in [4.78, 5) is 4.12. The number of quaternary nitrogens is 1. The van der Waals surface area contributed by atoms with E-state index in [0.29, 0.717) is 10.2 Å². The lowest BCUT2D eigenvalue weighted by atomic mass is 10.1. The Morgan fingerprint density at radius 3 is 2.50 bits per heavy atom. The molecule has 0 atom stereocenters. The smallest absolute Gasteiger partial charge is 0.172 e. The molecule has 0 aliphatic carbocycles. The Balaban J connectivity index is 2.35. The average Bonchev–Trinajstić information content (AvgIpc) is 2.33. The number of halogens is 2. The maximum absolute atomic E-state index is 6.02. The molecule has 0 spiro atoms. The normalized spacial score (nSPS) is 19.7. The van der Waals surface area contributed by atoms with Crippen LogP contribution in [0.3, 0.4) is 0 Å². The molecule has 2 rings (SSSR count). The number of nitrogens with zero attached hydrogens (tertiary/aromatic N) is 2. The zero-order valence-electron chi connectivity index (χ0n) is 9.34. The van der Waals surface area contributed by atoms with E-state index in [1.807, 2.05) is 19.3 Å². The van der Waals surface area contributed by atoms with E-state index in [9.17, 15) is 0 Å². The predicted octanol–water partition coefficient (Wildman–Crippen LogP) is 3.01. The zero-order chi connectivity index (χ0) is 11.6. The second-order valence-electron chi connectivity index (χ2n) is 4.17. The minimum Gasteiger partial charge on any atom is -0.237 e. The molecule has 2 heterocycles. The number of piperidine rings is 1. The van der Waals surface area contributed by atoms with Crippen molar-refractivity contribution in [2.24, 2.45) is 0 Å². The number of rotatable bonds is 2. The highest BCUT2D eigenvalue weighted by molar-refractivity contribution is 6.41. The van der Waals surface area contributed by atoms with Crippen molar-refractivity contribution in [2.75, 3.05) is 20.1 Å². The summed E-state index contributed by atoms with van der Waals surface area (Å²) >= 11 is 11.9. The summed E-state index contributed by atoms with van der Waals surface area (Å²) in [7, 11) is 1.98. The van der Waals surface area contributed by atoms with Crippen LogP contribution < -0.4 is 10.0 Å². The number of nitrogens with one attached hydrogen (secondary N) is 1. The van der Waals surface area contributed by atoms with Crippen molar-refractivity contribution in [3.8, 4) is 0 Å². The van der Waals surface area contributed by atoms with Gasteiger partial charge < -0.3 is 0 Å². The summed E-state index contributed by atoms with van der Waals surface area (Å²) < 4.78 is 0.754. The van der Waals surface area contributed by atoms with Gasteiger partial charge in [0, 0.05) is 13.1 Å². The van der Waals surface area contributed by atoms with Gasteiger partial charge in [0.05, 0.1) is 11.2 Å². The van der Waals surface area contributed by atoms with Gasteiger partial charge in [-0.25, -0.2) is 9.58 Å². The number of aromatic nitrogens is 1. The van der Waals surface area contributed by atoms with Gasteiger partial charge in [-0.1, -0.05) is 23.2 Å². The van der Waals surface area contributed by atoms with Crippen LogP contribution in [0.25, 0.3) is 0 Å². The molecular formula is C11H16Cl2N3+. The van der Waals surface area contributed by atoms with Crippen molar-refractivity contribution >= 4 is 28.9 Å². The predicted molar refractivity (Wildman–Crippen MR) is 68.7 cm³/mol. The van der Waals surface area contributed by atoms with Gasteiger partial charge in [-0.15, -0.1) is 0 Å². The third-order valence-electron chi connectivity index (χ3n) is 3.28. The van der Waals surface area contributed by atoms with Crippen LogP contribution in [0.2, 0.25) is 10.2 Å². The molecule has 5 heteroatoms. The lowest BCUT2D eigenvalue weighted by Crippen LogP contribution is -2.60. The van der Waals surface area contributed by atoms with E-state index in [0.717, 1.165) is 23.4 Å². The van der Waals surface area contributed by atoms with E-state index < -0.39 is 0 Å². The van der Waals surface area contributed by atoms with Crippen LogP contribution >= 0.6 is 23.2 Å². The van der Waals surface area contributed by atoms with Crippen molar-refractivity contribution in [3.05, 3.63) is 22.4 Å². The Kier molecular flexibility index (Phi) is 3.70. The number of hydrogen-bond acceptors (Lipinski definition) is 2. The molecule has 1 N–H and O–H groups in total. The molecule has 1 saturated heterocycles. The molecule has 0 amide bonds. The van der Waals surface area contributed by atoms with E-state index in [2.05, 4.69) is 10.4 Å². The lowest BCUT2D eigenvalue weighted by Gasteiger charge is -2.38. The van der Waals surface area contributed by atoms with Crippen LogP contribution in [0.1, 0.15) is 19.3 Å². The molecule has 1 aromatic heterocycles. The summed E-state index contributed by atoms with van der Waals surface area (Å²) in [5.41, 5.74) is 4.47.